The molecule has 7 nitrogen and oxygen atoms in total. The minimum Gasteiger partial charge on any atom is -0.264 e. The summed E-state index contributed by atoms with van der Waals surface area (Å²) >= 11 is 0. The molecule has 7 aromatic rings. The molecule has 49 heavy (non-hydrogen) atoms. The molecule has 234 valence electrons. The van der Waals surface area contributed by atoms with Gasteiger partial charge in [0.15, 0.2) is 17.5 Å². The van der Waals surface area contributed by atoms with Gasteiger partial charge in [-0.1, -0.05) is 49.4 Å². The van der Waals surface area contributed by atoms with Crippen molar-refractivity contribution in [2.24, 2.45) is 5.92 Å². The SMILES string of the molecule is CC1C=C(c2nc(-c3cc(-c4cccnc4)cc(-c4cccnc4)c3)nc(-c3cc(-c4cccnc4)cc(-c4cccnc4)c3)n2)C=CC1. The van der Waals surface area contributed by atoms with E-state index in [1.165, 1.54) is 0 Å². The smallest absolute Gasteiger partial charge is 0.164 e. The molecule has 1 unspecified atom stereocenters. The minimum atomic E-state index is 0.376. The molecule has 1 atom stereocenters. The van der Waals surface area contributed by atoms with Crippen molar-refractivity contribution < 1.29 is 0 Å². The van der Waals surface area contributed by atoms with Crippen LogP contribution in [0, 0.1) is 5.92 Å². The summed E-state index contributed by atoms with van der Waals surface area (Å²) in [7, 11) is 0. The van der Waals surface area contributed by atoms with Gasteiger partial charge in [0.25, 0.3) is 0 Å². The van der Waals surface area contributed by atoms with Crippen molar-refractivity contribution in [1.29, 1.82) is 0 Å². The van der Waals surface area contributed by atoms with Crippen LogP contribution in [0.15, 0.2) is 153 Å². The van der Waals surface area contributed by atoms with Gasteiger partial charge in [-0.05, 0) is 95.3 Å². The quantitative estimate of drug-likeness (QED) is 0.173. The third-order valence-corrected chi connectivity index (χ3v) is 8.52. The number of rotatable bonds is 7. The van der Waals surface area contributed by atoms with Crippen LogP contribution < -0.4 is 0 Å². The Morgan fingerprint density at radius 1 is 0.449 bits per heavy atom. The third-order valence-electron chi connectivity index (χ3n) is 8.52. The zero-order valence-electron chi connectivity index (χ0n) is 26.8. The Kier molecular flexibility index (Phi) is 8.14. The molecule has 0 N–H and O–H groups in total. The first kappa shape index (κ1) is 29.9. The van der Waals surface area contributed by atoms with Crippen molar-refractivity contribution >= 4 is 5.57 Å². The average molecular weight is 634 g/mol. The number of benzene rings is 2. The monoisotopic (exact) mass is 633 g/mol. The molecule has 0 aliphatic heterocycles. The lowest BCUT2D eigenvalue weighted by atomic mass is 9.96. The van der Waals surface area contributed by atoms with Gasteiger partial charge in [0.2, 0.25) is 0 Å². The van der Waals surface area contributed by atoms with Crippen molar-refractivity contribution in [3.63, 3.8) is 0 Å². The predicted octanol–water partition coefficient (Wildman–Crippen LogP) is 9.43. The van der Waals surface area contributed by atoms with E-state index in [1.54, 1.807) is 24.8 Å². The highest BCUT2D eigenvalue weighted by Crippen LogP contribution is 2.35. The van der Waals surface area contributed by atoms with Crippen molar-refractivity contribution in [2.75, 3.05) is 0 Å². The second kappa shape index (κ2) is 13.3. The summed E-state index contributed by atoms with van der Waals surface area (Å²) < 4.78 is 0. The average Bonchev–Trinajstić information content (AvgIpc) is 3.19. The lowest BCUT2D eigenvalue weighted by Crippen LogP contribution is -2.05. The number of pyridine rings is 4. The molecular formula is C42H31N7. The lowest BCUT2D eigenvalue weighted by Gasteiger charge is -2.15. The van der Waals surface area contributed by atoms with Crippen molar-refractivity contribution in [2.45, 2.75) is 13.3 Å². The molecule has 1 aliphatic rings. The zero-order valence-corrected chi connectivity index (χ0v) is 26.8. The van der Waals surface area contributed by atoms with Crippen LogP contribution in [0.4, 0.5) is 0 Å². The number of allylic oxidation sites excluding steroid dienone is 4. The molecule has 8 rings (SSSR count). The van der Waals surface area contributed by atoms with Crippen LogP contribution in [-0.2, 0) is 0 Å². The van der Waals surface area contributed by atoms with Gasteiger partial charge in [-0.25, -0.2) is 15.0 Å². The molecular weight excluding hydrogens is 603 g/mol. The van der Waals surface area contributed by atoms with E-state index < -0.39 is 0 Å². The Labute approximate surface area is 284 Å². The van der Waals surface area contributed by atoms with E-state index in [-0.39, 0.29) is 0 Å². The van der Waals surface area contributed by atoms with E-state index >= 15 is 0 Å². The highest BCUT2D eigenvalue weighted by atomic mass is 15.0. The summed E-state index contributed by atoms with van der Waals surface area (Å²) in [5.41, 5.74) is 10.8. The first-order valence-corrected chi connectivity index (χ1v) is 16.2. The molecule has 0 saturated heterocycles. The second-order valence-corrected chi connectivity index (χ2v) is 12.1. The molecule has 1 aliphatic carbocycles. The molecule has 0 spiro atoms. The van der Waals surface area contributed by atoms with E-state index in [1.807, 2.05) is 49.1 Å². The third kappa shape index (κ3) is 6.55. The molecule has 0 radical (unpaired) electrons. The lowest BCUT2D eigenvalue weighted by molar-refractivity contribution is 0.738. The van der Waals surface area contributed by atoms with Gasteiger partial charge < -0.3 is 0 Å². The topological polar surface area (TPSA) is 90.2 Å². The first-order chi connectivity index (χ1) is 24.2. The van der Waals surface area contributed by atoms with Gasteiger partial charge in [0.1, 0.15) is 0 Å². The van der Waals surface area contributed by atoms with Gasteiger partial charge in [-0.3, -0.25) is 19.9 Å². The van der Waals surface area contributed by atoms with Crippen LogP contribution in [-0.4, -0.2) is 34.9 Å². The van der Waals surface area contributed by atoms with Crippen molar-refractivity contribution in [3.8, 4) is 67.3 Å². The number of hydrogen-bond acceptors (Lipinski definition) is 7. The Hall–Kier alpha value is -6.47. The molecule has 0 fully saturated rings. The van der Waals surface area contributed by atoms with Crippen LogP contribution in [0.5, 0.6) is 0 Å². The van der Waals surface area contributed by atoms with Crippen LogP contribution >= 0.6 is 0 Å². The van der Waals surface area contributed by atoms with E-state index in [0.717, 1.165) is 67.6 Å². The fourth-order valence-electron chi connectivity index (χ4n) is 6.07. The predicted molar refractivity (Wildman–Crippen MR) is 195 cm³/mol. The van der Waals surface area contributed by atoms with E-state index in [0.29, 0.717) is 23.4 Å². The highest BCUT2D eigenvalue weighted by Gasteiger charge is 2.18. The zero-order chi connectivity index (χ0) is 33.0. The van der Waals surface area contributed by atoms with Gasteiger partial charge in [-0.2, -0.15) is 0 Å². The number of nitrogens with zero attached hydrogens (tertiary/aromatic N) is 7. The molecule has 5 heterocycles. The van der Waals surface area contributed by atoms with Gasteiger partial charge in [0, 0.05) is 88.5 Å². The minimum absolute atomic E-state index is 0.376. The van der Waals surface area contributed by atoms with Crippen LogP contribution in [0.1, 0.15) is 19.2 Å². The van der Waals surface area contributed by atoms with Gasteiger partial charge >= 0.3 is 0 Å². The van der Waals surface area contributed by atoms with Gasteiger partial charge in [-0.15, -0.1) is 0 Å². The Balaban J connectivity index is 1.36. The first-order valence-electron chi connectivity index (χ1n) is 16.2. The number of hydrogen-bond donors (Lipinski definition) is 0. The van der Waals surface area contributed by atoms with E-state index in [9.17, 15) is 0 Å². The summed E-state index contributed by atoms with van der Waals surface area (Å²) in [5, 5.41) is 0. The van der Waals surface area contributed by atoms with Crippen molar-refractivity contribution in [3.05, 3.63) is 159 Å². The Bertz CT molecular complexity index is 2040. The molecule has 0 bridgehead atoms. The van der Waals surface area contributed by atoms with Crippen LogP contribution in [0.3, 0.4) is 0 Å². The molecule has 5 aromatic heterocycles. The van der Waals surface area contributed by atoms with Gasteiger partial charge in [0.05, 0.1) is 0 Å². The highest BCUT2D eigenvalue weighted by molar-refractivity contribution is 5.82. The molecule has 0 amide bonds. The maximum atomic E-state index is 5.19. The molecule has 2 aromatic carbocycles. The fraction of sp³-hybridized carbons (Fsp3) is 0.0714. The summed E-state index contributed by atoms with van der Waals surface area (Å²) in [6.07, 6.45) is 22.2. The van der Waals surface area contributed by atoms with Crippen molar-refractivity contribution in [1.82, 2.24) is 34.9 Å². The van der Waals surface area contributed by atoms with Crippen LogP contribution in [0.25, 0.3) is 72.9 Å². The molecule has 7 heteroatoms. The second-order valence-electron chi connectivity index (χ2n) is 12.1. The van der Waals surface area contributed by atoms with E-state index in [2.05, 4.69) is 106 Å². The number of aromatic nitrogens is 7. The maximum absolute atomic E-state index is 5.19. The summed E-state index contributed by atoms with van der Waals surface area (Å²) in [6.45, 7) is 2.21. The van der Waals surface area contributed by atoms with E-state index in [4.69, 9.17) is 15.0 Å². The summed E-state index contributed by atoms with van der Waals surface area (Å²) in [5.74, 6) is 2.17. The standard InChI is InChI=1S/C42H31N7/c1-28-7-2-8-29(17-28)40-47-41(38-20-34(30-9-3-13-43-24-30)18-35(21-38)31-10-4-14-44-25-31)49-42(48-40)39-22-36(32-11-5-15-45-26-32)19-37(23-39)33-12-6-16-46-27-33/h2-6,8-28H,7H2,1H3. The summed E-state index contributed by atoms with van der Waals surface area (Å²) in [6, 6.07) is 28.9. The maximum Gasteiger partial charge on any atom is 0.164 e. The largest absolute Gasteiger partial charge is 0.264 e. The fourth-order valence-corrected chi connectivity index (χ4v) is 6.07. The molecule has 0 saturated carbocycles. The van der Waals surface area contributed by atoms with Crippen LogP contribution in [0.2, 0.25) is 0 Å². The summed E-state index contributed by atoms with van der Waals surface area (Å²) in [4.78, 5) is 33.0. The Morgan fingerprint density at radius 2 is 0.816 bits per heavy atom. The normalized spacial score (nSPS) is 14.0. The Morgan fingerprint density at radius 3 is 1.16 bits per heavy atom.